The van der Waals surface area contributed by atoms with Crippen LogP contribution in [-0.4, -0.2) is 0 Å². The van der Waals surface area contributed by atoms with Gasteiger partial charge in [0.1, 0.15) is 0 Å². The molecule has 0 unspecified atom stereocenters. The van der Waals surface area contributed by atoms with Gasteiger partial charge in [0.05, 0.1) is 0 Å². The van der Waals surface area contributed by atoms with Crippen LogP contribution in [0.1, 0.15) is 0 Å². The minimum atomic E-state index is 1.32. The third-order valence-corrected chi connectivity index (χ3v) is 7.83. The first-order valence-corrected chi connectivity index (χ1v) is 11.3. The van der Waals surface area contributed by atoms with Gasteiger partial charge in [0.15, 0.2) is 0 Å². The van der Waals surface area contributed by atoms with Gasteiger partial charge in [-0.1, -0.05) is 84.9 Å². The zero-order valence-electron chi connectivity index (χ0n) is 17.2. The van der Waals surface area contributed by atoms with E-state index in [1.165, 1.54) is 86.2 Å². The van der Waals surface area contributed by atoms with Crippen LogP contribution >= 0.6 is 0 Å². The number of benzene rings is 9. The molecule has 0 bridgehead atoms. The predicted molar refractivity (Wildman–Crippen MR) is 140 cm³/mol. The Labute approximate surface area is 183 Å². The Morgan fingerprint density at radius 3 is 1.62 bits per heavy atom. The van der Waals surface area contributed by atoms with Gasteiger partial charge in [0.25, 0.3) is 0 Å². The van der Waals surface area contributed by atoms with E-state index in [0.29, 0.717) is 0 Å². The van der Waals surface area contributed by atoms with Gasteiger partial charge >= 0.3 is 0 Å². The van der Waals surface area contributed by atoms with E-state index < -0.39 is 0 Å². The minimum Gasteiger partial charge on any atom is -0.0616 e. The van der Waals surface area contributed by atoms with Crippen molar-refractivity contribution in [1.82, 2.24) is 0 Å². The zero-order chi connectivity index (χ0) is 20.6. The van der Waals surface area contributed by atoms with Crippen LogP contribution in [0.2, 0.25) is 0 Å². The summed E-state index contributed by atoms with van der Waals surface area (Å²) in [5.41, 5.74) is 0. The van der Waals surface area contributed by atoms with E-state index in [1.54, 1.807) is 0 Å². The highest BCUT2D eigenvalue weighted by Crippen LogP contribution is 2.51. The monoisotopic (exact) mass is 400 g/mol. The first kappa shape index (κ1) is 15.6. The maximum Gasteiger partial charge on any atom is -0.000116 e. The summed E-state index contributed by atoms with van der Waals surface area (Å²) in [4.78, 5) is 0. The number of rotatable bonds is 0. The molecule has 0 radical (unpaired) electrons. The van der Waals surface area contributed by atoms with E-state index in [2.05, 4.69) is 97.1 Å². The maximum absolute atomic E-state index is 2.43. The lowest BCUT2D eigenvalue weighted by Gasteiger charge is -2.23. The smallest absolute Gasteiger partial charge is 0.000116 e. The van der Waals surface area contributed by atoms with E-state index in [0.717, 1.165) is 0 Å². The third-order valence-electron chi connectivity index (χ3n) is 7.83. The Hall–Kier alpha value is -4.16. The molecule has 32 heavy (non-hydrogen) atoms. The second-order valence-electron chi connectivity index (χ2n) is 9.28. The fraction of sp³-hybridized carbons (Fsp3) is 0. The fourth-order valence-corrected chi connectivity index (χ4v) is 6.64. The molecule has 0 aromatic heterocycles. The van der Waals surface area contributed by atoms with Gasteiger partial charge < -0.3 is 0 Å². The molecule has 0 saturated carbocycles. The second-order valence-corrected chi connectivity index (χ2v) is 9.28. The van der Waals surface area contributed by atoms with Gasteiger partial charge in [-0.2, -0.15) is 0 Å². The summed E-state index contributed by atoms with van der Waals surface area (Å²) in [6, 6.07) is 36.6. The van der Waals surface area contributed by atoms with Crippen LogP contribution in [0, 0.1) is 0 Å². The second kappa shape index (κ2) is 5.00. The summed E-state index contributed by atoms with van der Waals surface area (Å²) in [6.07, 6.45) is 0. The Bertz CT molecular complexity index is 2150. The Morgan fingerprint density at radius 2 is 0.844 bits per heavy atom. The molecule has 0 nitrogen and oxygen atoms in total. The van der Waals surface area contributed by atoms with E-state index in [4.69, 9.17) is 0 Å². The van der Waals surface area contributed by atoms with Crippen molar-refractivity contribution in [2.24, 2.45) is 0 Å². The molecule has 0 aliphatic heterocycles. The molecular weight excluding hydrogens is 384 g/mol. The van der Waals surface area contributed by atoms with E-state index >= 15 is 0 Å². The molecule has 0 heteroatoms. The standard InChI is InChI=1S/C32H16/c1-2-8-22-19(5-1)16-25-23-9-3-6-17-11-13-20-15-21-14-12-18-7-4-10-24-27(18)29(21)32(28(20)26(17)23)31(25)30(22)24/h1-16H. The van der Waals surface area contributed by atoms with Crippen LogP contribution in [0.15, 0.2) is 97.1 Å². The first-order chi connectivity index (χ1) is 15.9. The molecule has 0 N–H and O–H groups in total. The molecular formula is C32H16. The molecule has 0 spiro atoms. The molecule has 0 aliphatic rings. The van der Waals surface area contributed by atoms with Crippen molar-refractivity contribution in [1.29, 1.82) is 0 Å². The number of hydrogen-bond acceptors (Lipinski definition) is 0. The highest BCUT2D eigenvalue weighted by Gasteiger charge is 2.23. The van der Waals surface area contributed by atoms with Crippen molar-refractivity contribution in [2.75, 3.05) is 0 Å². The van der Waals surface area contributed by atoms with Crippen LogP contribution in [0.25, 0.3) is 86.2 Å². The van der Waals surface area contributed by atoms with Crippen molar-refractivity contribution in [2.45, 2.75) is 0 Å². The molecule has 0 amide bonds. The van der Waals surface area contributed by atoms with Crippen LogP contribution in [0.4, 0.5) is 0 Å². The summed E-state index contributed by atoms with van der Waals surface area (Å²) in [5.74, 6) is 0. The Morgan fingerprint density at radius 1 is 0.250 bits per heavy atom. The van der Waals surface area contributed by atoms with Crippen molar-refractivity contribution < 1.29 is 0 Å². The predicted octanol–water partition coefficient (Wildman–Crippen LogP) is 9.23. The average molecular weight is 400 g/mol. The highest BCUT2D eigenvalue weighted by atomic mass is 14.2. The summed E-state index contributed by atoms with van der Waals surface area (Å²) in [5, 5.41) is 22.1. The molecule has 9 aromatic rings. The molecule has 0 heterocycles. The molecule has 0 aliphatic carbocycles. The Kier molecular flexibility index (Phi) is 2.44. The van der Waals surface area contributed by atoms with Gasteiger partial charge in [-0.3, -0.25) is 0 Å². The van der Waals surface area contributed by atoms with Crippen LogP contribution in [0.5, 0.6) is 0 Å². The van der Waals surface area contributed by atoms with Gasteiger partial charge in [0.2, 0.25) is 0 Å². The van der Waals surface area contributed by atoms with Crippen molar-refractivity contribution in [3.05, 3.63) is 97.1 Å². The third kappa shape index (κ3) is 1.57. The van der Waals surface area contributed by atoms with Crippen LogP contribution in [-0.2, 0) is 0 Å². The molecule has 0 fully saturated rings. The molecule has 9 aromatic carbocycles. The van der Waals surface area contributed by atoms with E-state index in [9.17, 15) is 0 Å². The Balaban J connectivity index is 1.86. The van der Waals surface area contributed by atoms with Crippen molar-refractivity contribution >= 4 is 86.2 Å². The lowest BCUT2D eigenvalue weighted by atomic mass is 9.80. The molecule has 9 rings (SSSR count). The summed E-state index contributed by atoms with van der Waals surface area (Å²) >= 11 is 0. The summed E-state index contributed by atoms with van der Waals surface area (Å²) in [7, 11) is 0. The largest absolute Gasteiger partial charge is 0.0616 e. The van der Waals surface area contributed by atoms with Gasteiger partial charge in [-0.15, -0.1) is 0 Å². The lowest BCUT2D eigenvalue weighted by molar-refractivity contribution is 1.80. The SMILES string of the molecule is c1ccc2c(c1)cc1c3cccc4ccc5cc6ccc7cccc8c7c6c(c5c43)c1c28. The van der Waals surface area contributed by atoms with Gasteiger partial charge in [-0.05, 0) is 98.3 Å². The van der Waals surface area contributed by atoms with Gasteiger partial charge in [0, 0.05) is 0 Å². The van der Waals surface area contributed by atoms with Crippen molar-refractivity contribution in [3.8, 4) is 0 Å². The van der Waals surface area contributed by atoms with Crippen molar-refractivity contribution in [3.63, 3.8) is 0 Å². The van der Waals surface area contributed by atoms with Crippen LogP contribution in [0.3, 0.4) is 0 Å². The number of fused-ring (bicyclic) bond motifs is 4. The highest BCUT2D eigenvalue weighted by molar-refractivity contribution is 6.50. The minimum absolute atomic E-state index is 1.32. The average Bonchev–Trinajstić information content (AvgIpc) is 2.85. The topological polar surface area (TPSA) is 0 Å². The summed E-state index contributed by atoms with van der Waals surface area (Å²) in [6.45, 7) is 0. The molecule has 144 valence electrons. The normalized spacial score (nSPS) is 13.0. The molecule has 0 saturated heterocycles. The van der Waals surface area contributed by atoms with Gasteiger partial charge in [-0.25, -0.2) is 0 Å². The fourth-order valence-electron chi connectivity index (χ4n) is 6.64. The zero-order valence-corrected chi connectivity index (χ0v) is 17.2. The quantitative estimate of drug-likeness (QED) is 0.176. The maximum atomic E-state index is 2.43. The van der Waals surface area contributed by atoms with E-state index in [-0.39, 0.29) is 0 Å². The molecule has 0 atom stereocenters. The summed E-state index contributed by atoms with van der Waals surface area (Å²) < 4.78 is 0. The first-order valence-electron chi connectivity index (χ1n) is 11.3. The number of hydrogen-bond donors (Lipinski definition) is 0. The van der Waals surface area contributed by atoms with Crippen LogP contribution < -0.4 is 0 Å². The lowest BCUT2D eigenvalue weighted by Crippen LogP contribution is -1.94. The van der Waals surface area contributed by atoms with E-state index in [1.807, 2.05) is 0 Å².